The van der Waals surface area contributed by atoms with Gasteiger partial charge >= 0.3 is 5.97 Å². The predicted octanol–water partition coefficient (Wildman–Crippen LogP) is 1.88. The van der Waals surface area contributed by atoms with Crippen molar-refractivity contribution in [2.24, 2.45) is 0 Å². The average molecular weight is 345 g/mol. The molecule has 1 saturated heterocycles. The van der Waals surface area contributed by atoms with Crippen molar-refractivity contribution < 1.29 is 19.5 Å². The van der Waals surface area contributed by atoms with Crippen molar-refractivity contribution >= 4 is 63.4 Å². The third-order valence-corrected chi connectivity index (χ3v) is 4.32. The molecule has 1 heterocycles. The van der Waals surface area contributed by atoms with E-state index in [9.17, 15) is 14.4 Å². The summed E-state index contributed by atoms with van der Waals surface area (Å²) >= 11 is 11.7. The number of thiocarbonyl (C=S) groups is 1. The highest BCUT2D eigenvalue weighted by atomic mass is 35.5. The van der Waals surface area contributed by atoms with Crippen LogP contribution < -0.4 is 10.6 Å². The van der Waals surface area contributed by atoms with Crippen LogP contribution in [0, 0.1) is 0 Å². The number of carboxylic acids is 1. The van der Waals surface area contributed by atoms with Gasteiger partial charge in [0.15, 0.2) is 0 Å². The number of rotatable bonds is 4. The van der Waals surface area contributed by atoms with Crippen LogP contribution in [0.2, 0.25) is 5.02 Å². The third-order valence-electron chi connectivity index (χ3n) is 2.62. The Kier molecular flexibility index (Phi) is 4.81. The minimum atomic E-state index is -1.19. The van der Waals surface area contributed by atoms with Crippen molar-refractivity contribution in [2.75, 3.05) is 5.32 Å². The van der Waals surface area contributed by atoms with Gasteiger partial charge in [0.25, 0.3) is 0 Å². The molecule has 1 atom stereocenters. The third kappa shape index (κ3) is 3.93. The fourth-order valence-corrected chi connectivity index (χ4v) is 3.14. The normalized spacial score (nSPS) is 17.5. The smallest absolute Gasteiger partial charge is 0.337 e. The number of nitrogens with one attached hydrogen (secondary N) is 2. The minimum Gasteiger partial charge on any atom is -0.478 e. The van der Waals surface area contributed by atoms with Crippen LogP contribution in [0.15, 0.2) is 18.2 Å². The van der Waals surface area contributed by atoms with Crippen LogP contribution in [0.5, 0.6) is 0 Å². The molecule has 21 heavy (non-hydrogen) atoms. The summed E-state index contributed by atoms with van der Waals surface area (Å²) in [6.45, 7) is 0. The predicted molar refractivity (Wildman–Crippen MR) is 83.8 cm³/mol. The van der Waals surface area contributed by atoms with Gasteiger partial charge in [-0.05, 0) is 18.2 Å². The number of anilines is 1. The molecule has 1 aromatic carbocycles. The van der Waals surface area contributed by atoms with Crippen LogP contribution in [0.1, 0.15) is 16.8 Å². The Morgan fingerprint density at radius 1 is 1.48 bits per heavy atom. The fraction of sp³-hybridized carbons (Fsp3) is 0.167. The van der Waals surface area contributed by atoms with Crippen molar-refractivity contribution in [3.8, 4) is 0 Å². The van der Waals surface area contributed by atoms with Crippen molar-refractivity contribution in [3.63, 3.8) is 0 Å². The molecular formula is C12H9ClN2O4S2. The Morgan fingerprint density at radius 2 is 2.19 bits per heavy atom. The number of benzene rings is 1. The lowest BCUT2D eigenvalue weighted by molar-refractivity contribution is -0.122. The maximum absolute atomic E-state index is 11.9. The second kappa shape index (κ2) is 6.42. The number of carboxylic acid groups (broad SMARTS) is 1. The summed E-state index contributed by atoms with van der Waals surface area (Å²) < 4.78 is 0.345. The first kappa shape index (κ1) is 15.7. The Morgan fingerprint density at radius 3 is 2.76 bits per heavy atom. The summed E-state index contributed by atoms with van der Waals surface area (Å²) in [7, 11) is 0. The van der Waals surface area contributed by atoms with Crippen LogP contribution in [0.3, 0.4) is 0 Å². The van der Waals surface area contributed by atoms with Crippen LogP contribution >= 0.6 is 35.6 Å². The Bertz CT molecular complexity index is 650. The molecule has 0 aliphatic carbocycles. The van der Waals surface area contributed by atoms with Gasteiger partial charge in [-0.15, -0.1) is 0 Å². The molecule has 1 aliphatic heterocycles. The van der Waals surface area contributed by atoms with Crippen molar-refractivity contribution in [2.45, 2.75) is 11.7 Å². The highest BCUT2D eigenvalue weighted by Crippen LogP contribution is 2.24. The number of hydrogen-bond donors (Lipinski definition) is 3. The van der Waals surface area contributed by atoms with Gasteiger partial charge in [0.2, 0.25) is 11.8 Å². The zero-order valence-electron chi connectivity index (χ0n) is 10.4. The standard InChI is InChI=1S/C12H9ClN2O4S2/c13-7-2-1-5(3-6(7)11(18)19)14-9(16)4-8-10(17)15-12(20)21-8/h1-3,8H,4H2,(H,14,16)(H,18,19)(H,15,17,20). The molecule has 0 radical (unpaired) electrons. The molecule has 0 spiro atoms. The molecule has 110 valence electrons. The zero-order chi connectivity index (χ0) is 15.6. The van der Waals surface area contributed by atoms with E-state index >= 15 is 0 Å². The van der Waals surface area contributed by atoms with Crippen LogP contribution in [-0.4, -0.2) is 32.5 Å². The largest absolute Gasteiger partial charge is 0.478 e. The van der Waals surface area contributed by atoms with E-state index in [1.54, 1.807) is 0 Å². The van der Waals surface area contributed by atoms with Crippen molar-refractivity contribution in [1.82, 2.24) is 5.32 Å². The highest BCUT2D eigenvalue weighted by Gasteiger charge is 2.31. The summed E-state index contributed by atoms with van der Waals surface area (Å²) in [5.41, 5.74) is 0.191. The topological polar surface area (TPSA) is 95.5 Å². The van der Waals surface area contributed by atoms with Crippen LogP contribution in [0.25, 0.3) is 0 Å². The summed E-state index contributed by atoms with van der Waals surface area (Å²) in [5.74, 6) is -1.90. The van der Waals surface area contributed by atoms with E-state index < -0.39 is 17.1 Å². The first-order valence-electron chi connectivity index (χ1n) is 5.71. The maximum atomic E-state index is 11.9. The Balaban J connectivity index is 2.03. The molecule has 2 rings (SSSR count). The summed E-state index contributed by atoms with van der Waals surface area (Å²) in [5, 5.41) is 13.4. The molecule has 6 nitrogen and oxygen atoms in total. The van der Waals surface area contributed by atoms with Crippen molar-refractivity contribution in [3.05, 3.63) is 28.8 Å². The molecule has 1 aromatic rings. The van der Waals surface area contributed by atoms with E-state index in [4.69, 9.17) is 28.9 Å². The van der Waals surface area contributed by atoms with E-state index in [-0.39, 0.29) is 22.9 Å². The summed E-state index contributed by atoms with van der Waals surface area (Å²) in [6, 6.07) is 4.13. The summed E-state index contributed by atoms with van der Waals surface area (Å²) in [4.78, 5) is 34.3. The van der Waals surface area contributed by atoms with E-state index in [1.165, 1.54) is 18.2 Å². The van der Waals surface area contributed by atoms with Gasteiger partial charge in [0.1, 0.15) is 4.32 Å². The van der Waals surface area contributed by atoms with E-state index in [2.05, 4.69) is 10.6 Å². The van der Waals surface area contributed by atoms with Gasteiger partial charge in [0.05, 0.1) is 15.8 Å². The number of thioether (sulfide) groups is 1. The molecule has 0 saturated carbocycles. The van der Waals surface area contributed by atoms with E-state index in [0.717, 1.165) is 11.8 Å². The fourth-order valence-electron chi connectivity index (χ4n) is 1.67. The Hall–Kier alpha value is -1.64. The molecular weight excluding hydrogens is 336 g/mol. The number of aromatic carboxylic acids is 1. The number of hydrogen-bond acceptors (Lipinski definition) is 5. The Labute approximate surface area is 134 Å². The van der Waals surface area contributed by atoms with Gasteiger partial charge in [0, 0.05) is 12.1 Å². The molecule has 1 aliphatic rings. The van der Waals surface area contributed by atoms with E-state index in [1.807, 2.05) is 0 Å². The quantitative estimate of drug-likeness (QED) is 0.722. The molecule has 1 fully saturated rings. The number of amides is 2. The monoisotopic (exact) mass is 344 g/mol. The van der Waals surface area contributed by atoms with Crippen LogP contribution in [0.4, 0.5) is 5.69 Å². The number of halogens is 1. The lowest BCUT2D eigenvalue weighted by atomic mass is 10.2. The second-order valence-electron chi connectivity index (χ2n) is 4.14. The zero-order valence-corrected chi connectivity index (χ0v) is 12.8. The average Bonchev–Trinajstić information content (AvgIpc) is 2.69. The molecule has 9 heteroatoms. The first-order valence-corrected chi connectivity index (χ1v) is 7.37. The first-order chi connectivity index (χ1) is 9.86. The minimum absolute atomic E-state index is 0.0539. The second-order valence-corrected chi connectivity index (χ2v) is 6.42. The SMILES string of the molecule is O=C(CC1SC(=S)NC1=O)Nc1ccc(Cl)c(C(=O)O)c1. The number of carbonyl (C=O) groups is 3. The molecule has 1 unspecified atom stereocenters. The lowest BCUT2D eigenvalue weighted by Crippen LogP contribution is -2.27. The van der Waals surface area contributed by atoms with Gasteiger partial charge in [-0.2, -0.15) is 0 Å². The van der Waals surface area contributed by atoms with Crippen LogP contribution in [-0.2, 0) is 9.59 Å². The van der Waals surface area contributed by atoms with Gasteiger partial charge in [-0.25, -0.2) is 4.79 Å². The van der Waals surface area contributed by atoms with Crippen molar-refractivity contribution in [1.29, 1.82) is 0 Å². The maximum Gasteiger partial charge on any atom is 0.337 e. The van der Waals surface area contributed by atoms with Gasteiger partial charge < -0.3 is 15.7 Å². The summed E-state index contributed by atoms with van der Waals surface area (Å²) in [6.07, 6.45) is -0.0539. The highest BCUT2D eigenvalue weighted by molar-refractivity contribution is 8.24. The lowest BCUT2D eigenvalue weighted by Gasteiger charge is -2.08. The van der Waals surface area contributed by atoms with Gasteiger partial charge in [-0.3, -0.25) is 9.59 Å². The molecule has 0 aromatic heterocycles. The molecule has 0 bridgehead atoms. The number of carbonyl (C=O) groups excluding carboxylic acids is 2. The molecule has 2 amide bonds. The molecule has 3 N–H and O–H groups in total. The van der Waals surface area contributed by atoms with Gasteiger partial charge in [-0.1, -0.05) is 35.6 Å². The van der Waals surface area contributed by atoms with E-state index in [0.29, 0.717) is 10.0 Å².